The van der Waals surface area contributed by atoms with Crippen LogP contribution in [0.25, 0.3) is 0 Å². The summed E-state index contributed by atoms with van der Waals surface area (Å²) in [6.45, 7) is 3.40. The van der Waals surface area contributed by atoms with Crippen LogP contribution in [0, 0.1) is 17.8 Å². The number of hydrogen-bond acceptors (Lipinski definition) is 1. The van der Waals surface area contributed by atoms with Gasteiger partial charge in [-0.3, -0.25) is 0 Å². The molecule has 18 heavy (non-hydrogen) atoms. The maximum absolute atomic E-state index is 3.70. The van der Waals surface area contributed by atoms with Crippen LogP contribution in [0.2, 0.25) is 0 Å². The monoisotopic (exact) mass is 307 g/mol. The first kappa shape index (κ1) is 12.5. The van der Waals surface area contributed by atoms with Gasteiger partial charge in [-0.1, -0.05) is 29.3 Å². The molecule has 3 rings (SSSR count). The predicted octanol–water partition coefficient (Wildman–Crippen LogP) is 4.86. The largest absolute Gasteiger partial charge is 0.385 e. The van der Waals surface area contributed by atoms with E-state index in [0.29, 0.717) is 0 Å². The number of anilines is 1. The molecule has 3 atom stereocenters. The molecule has 2 saturated carbocycles. The second kappa shape index (κ2) is 5.24. The first-order valence-corrected chi connectivity index (χ1v) is 8.08. The Bertz CT molecular complexity index is 429. The molecule has 0 radical (unpaired) electrons. The SMILES string of the molecule is CCc1cc(Br)ccc1NCC1CC2CCC1C2. The van der Waals surface area contributed by atoms with Crippen molar-refractivity contribution in [2.24, 2.45) is 17.8 Å². The lowest BCUT2D eigenvalue weighted by atomic mass is 9.89. The number of halogens is 1. The van der Waals surface area contributed by atoms with Crippen LogP contribution in [-0.2, 0) is 6.42 Å². The summed E-state index contributed by atoms with van der Waals surface area (Å²) < 4.78 is 1.19. The molecule has 1 nitrogen and oxygen atoms in total. The fourth-order valence-electron chi connectivity index (χ4n) is 3.89. The Morgan fingerprint density at radius 1 is 1.28 bits per heavy atom. The summed E-state index contributed by atoms with van der Waals surface area (Å²) in [5, 5.41) is 3.70. The molecule has 0 amide bonds. The summed E-state index contributed by atoms with van der Waals surface area (Å²) in [5.41, 5.74) is 2.76. The van der Waals surface area contributed by atoms with Gasteiger partial charge in [-0.15, -0.1) is 0 Å². The highest BCUT2D eigenvalue weighted by Crippen LogP contribution is 2.48. The van der Waals surface area contributed by atoms with Gasteiger partial charge in [0.05, 0.1) is 0 Å². The highest BCUT2D eigenvalue weighted by atomic mass is 79.9. The van der Waals surface area contributed by atoms with Crippen molar-refractivity contribution in [1.82, 2.24) is 0 Å². The molecule has 2 bridgehead atoms. The molecule has 1 aromatic carbocycles. The fraction of sp³-hybridized carbons (Fsp3) is 0.625. The number of hydrogen-bond donors (Lipinski definition) is 1. The summed E-state index contributed by atoms with van der Waals surface area (Å²) in [5.74, 6) is 3.00. The highest BCUT2D eigenvalue weighted by molar-refractivity contribution is 9.10. The summed E-state index contributed by atoms with van der Waals surface area (Å²) in [6.07, 6.45) is 7.05. The van der Waals surface area contributed by atoms with Crippen LogP contribution in [0.3, 0.4) is 0 Å². The predicted molar refractivity (Wildman–Crippen MR) is 80.9 cm³/mol. The molecule has 0 spiro atoms. The van der Waals surface area contributed by atoms with Crippen molar-refractivity contribution in [3.63, 3.8) is 0 Å². The Balaban J connectivity index is 1.63. The minimum Gasteiger partial charge on any atom is -0.385 e. The van der Waals surface area contributed by atoms with Crippen LogP contribution in [0.15, 0.2) is 22.7 Å². The van der Waals surface area contributed by atoms with Gasteiger partial charge in [0.15, 0.2) is 0 Å². The Labute approximate surface area is 118 Å². The molecule has 0 saturated heterocycles. The van der Waals surface area contributed by atoms with Crippen LogP contribution >= 0.6 is 15.9 Å². The molecule has 3 unspecified atom stereocenters. The Morgan fingerprint density at radius 3 is 2.83 bits per heavy atom. The molecular weight excluding hydrogens is 286 g/mol. The molecule has 98 valence electrons. The quantitative estimate of drug-likeness (QED) is 0.837. The average molecular weight is 308 g/mol. The molecule has 1 aromatic rings. The lowest BCUT2D eigenvalue weighted by Gasteiger charge is -2.23. The average Bonchev–Trinajstić information content (AvgIpc) is 2.99. The summed E-state index contributed by atoms with van der Waals surface area (Å²) in [7, 11) is 0. The van der Waals surface area contributed by atoms with E-state index in [0.717, 1.165) is 24.2 Å². The molecule has 0 aromatic heterocycles. The van der Waals surface area contributed by atoms with Crippen molar-refractivity contribution in [3.8, 4) is 0 Å². The molecular formula is C16H22BrN. The molecule has 0 aliphatic heterocycles. The number of rotatable bonds is 4. The number of aryl methyl sites for hydroxylation is 1. The van der Waals surface area contributed by atoms with Gasteiger partial charge >= 0.3 is 0 Å². The van der Waals surface area contributed by atoms with Crippen LogP contribution in [-0.4, -0.2) is 6.54 Å². The zero-order valence-corrected chi connectivity index (χ0v) is 12.7. The van der Waals surface area contributed by atoms with E-state index in [2.05, 4.69) is 46.4 Å². The summed E-state index contributed by atoms with van der Waals surface area (Å²) in [4.78, 5) is 0. The van der Waals surface area contributed by atoms with Gasteiger partial charge in [-0.05, 0) is 67.2 Å². The van der Waals surface area contributed by atoms with Gasteiger partial charge in [0.25, 0.3) is 0 Å². The lowest BCUT2D eigenvalue weighted by Crippen LogP contribution is -2.20. The van der Waals surface area contributed by atoms with E-state index in [9.17, 15) is 0 Å². The first-order chi connectivity index (χ1) is 8.76. The third-order valence-electron chi connectivity index (χ3n) is 4.89. The topological polar surface area (TPSA) is 12.0 Å². The van der Waals surface area contributed by atoms with Crippen LogP contribution < -0.4 is 5.32 Å². The van der Waals surface area contributed by atoms with E-state index in [1.807, 2.05) is 0 Å². The minimum absolute atomic E-state index is 0.928. The normalized spacial score (nSPS) is 29.8. The minimum atomic E-state index is 0.928. The van der Waals surface area contributed by atoms with Crippen molar-refractivity contribution in [1.29, 1.82) is 0 Å². The van der Waals surface area contributed by atoms with E-state index in [4.69, 9.17) is 0 Å². The zero-order chi connectivity index (χ0) is 12.5. The Morgan fingerprint density at radius 2 is 2.17 bits per heavy atom. The van der Waals surface area contributed by atoms with E-state index in [-0.39, 0.29) is 0 Å². The fourth-order valence-corrected chi connectivity index (χ4v) is 4.30. The summed E-state index contributed by atoms with van der Waals surface area (Å²) in [6, 6.07) is 6.60. The number of fused-ring (bicyclic) bond motifs is 2. The van der Waals surface area contributed by atoms with Gasteiger partial charge in [-0.2, -0.15) is 0 Å². The van der Waals surface area contributed by atoms with Crippen LogP contribution in [0.5, 0.6) is 0 Å². The third kappa shape index (κ3) is 2.45. The molecule has 0 heterocycles. The van der Waals surface area contributed by atoms with Crippen molar-refractivity contribution < 1.29 is 0 Å². The first-order valence-electron chi connectivity index (χ1n) is 7.28. The van der Waals surface area contributed by atoms with Gasteiger partial charge in [0, 0.05) is 16.7 Å². The molecule has 2 aliphatic rings. The standard InChI is InChI=1S/C16H22BrN/c1-2-12-9-15(17)5-6-16(12)18-10-14-8-11-3-4-13(14)7-11/h5-6,9,11,13-14,18H,2-4,7-8,10H2,1H3. The Kier molecular flexibility index (Phi) is 3.65. The Hall–Kier alpha value is -0.500. The van der Waals surface area contributed by atoms with Crippen molar-refractivity contribution >= 4 is 21.6 Å². The third-order valence-corrected chi connectivity index (χ3v) is 5.38. The van der Waals surface area contributed by atoms with Gasteiger partial charge in [0.1, 0.15) is 0 Å². The highest BCUT2D eigenvalue weighted by Gasteiger charge is 2.39. The number of benzene rings is 1. The lowest BCUT2D eigenvalue weighted by molar-refractivity contribution is 0.348. The maximum atomic E-state index is 3.70. The van der Waals surface area contributed by atoms with Crippen molar-refractivity contribution in [3.05, 3.63) is 28.2 Å². The summed E-state index contributed by atoms with van der Waals surface area (Å²) >= 11 is 3.55. The smallest absolute Gasteiger partial charge is 0.0373 e. The van der Waals surface area contributed by atoms with Crippen molar-refractivity contribution in [2.75, 3.05) is 11.9 Å². The van der Waals surface area contributed by atoms with Gasteiger partial charge in [-0.25, -0.2) is 0 Å². The van der Waals surface area contributed by atoms with Crippen LogP contribution in [0.1, 0.15) is 38.2 Å². The van der Waals surface area contributed by atoms with E-state index < -0.39 is 0 Å². The van der Waals surface area contributed by atoms with Crippen molar-refractivity contribution in [2.45, 2.75) is 39.0 Å². The number of nitrogens with one attached hydrogen (secondary N) is 1. The molecule has 2 fully saturated rings. The second-order valence-corrected chi connectivity index (χ2v) is 6.89. The maximum Gasteiger partial charge on any atom is 0.0373 e. The zero-order valence-electron chi connectivity index (χ0n) is 11.1. The van der Waals surface area contributed by atoms with E-state index >= 15 is 0 Å². The van der Waals surface area contributed by atoms with E-state index in [1.54, 1.807) is 0 Å². The van der Waals surface area contributed by atoms with Crippen LogP contribution in [0.4, 0.5) is 5.69 Å². The van der Waals surface area contributed by atoms with Gasteiger partial charge < -0.3 is 5.32 Å². The molecule has 2 heteroatoms. The molecule has 2 aliphatic carbocycles. The van der Waals surface area contributed by atoms with Gasteiger partial charge in [0.2, 0.25) is 0 Å². The molecule has 1 N–H and O–H groups in total. The second-order valence-electron chi connectivity index (χ2n) is 5.97. The van der Waals surface area contributed by atoms with E-state index in [1.165, 1.54) is 48.0 Å².